The van der Waals surface area contributed by atoms with Crippen molar-refractivity contribution in [1.82, 2.24) is 10.2 Å². The first-order valence-corrected chi connectivity index (χ1v) is 9.76. The number of amides is 1. The van der Waals surface area contributed by atoms with Crippen LogP contribution in [0.1, 0.15) is 32.3 Å². The molecule has 1 aliphatic rings. The summed E-state index contributed by atoms with van der Waals surface area (Å²) < 4.78 is 6.51. The minimum absolute atomic E-state index is 0.0986. The van der Waals surface area contributed by atoms with Gasteiger partial charge in [-0.15, -0.1) is 0 Å². The molecule has 1 saturated heterocycles. The third kappa shape index (κ3) is 5.87. The zero-order valence-corrected chi connectivity index (χ0v) is 16.3. The molecule has 2 rings (SSSR count). The molecule has 24 heavy (non-hydrogen) atoms. The highest BCUT2D eigenvalue weighted by Gasteiger charge is 2.27. The van der Waals surface area contributed by atoms with Gasteiger partial charge in [0, 0.05) is 30.1 Å². The number of nitrogens with one attached hydrogen (secondary N) is 1. The fourth-order valence-electron chi connectivity index (χ4n) is 3.40. The summed E-state index contributed by atoms with van der Waals surface area (Å²) in [5.74, 6) is 0.706. The third-order valence-electron chi connectivity index (χ3n) is 4.89. The van der Waals surface area contributed by atoms with Crippen molar-refractivity contribution >= 4 is 21.8 Å². The van der Waals surface area contributed by atoms with Crippen molar-refractivity contribution in [1.29, 1.82) is 0 Å². The fraction of sp³-hybridized carbons (Fsp3) is 0.632. The van der Waals surface area contributed by atoms with Crippen LogP contribution in [0.4, 0.5) is 0 Å². The Balaban J connectivity index is 1.90. The summed E-state index contributed by atoms with van der Waals surface area (Å²) in [5, 5.41) is 3.16. The Hall–Kier alpha value is -0.910. The fourth-order valence-corrected chi connectivity index (χ4v) is 3.67. The lowest BCUT2D eigenvalue weighted by molar-refractivity contribution is -0.120. The summed E-state index contributed by atoms with van der Waals surface area (Å²) in [4.78, 5) is 14.8. The zero-order valence-electron chi connectivity index (χ0n) is 14.8. The molecule has 0 bridgehead atoms. The van der Waals surface area contributed by atoms with E-state index < -0.39 is 0 Å². The van der Waals surface area contributed by atoms with E-state index in [4.69, 9.17) is 4.74 Å². The molecule has 1 amide bonds. The van der Waals surface area contributed by atoms with Gasteiger partial charge in [0.1, 0.15) is 0 Å². The van der Waals surface area contributed by atoms with E-state index in [1.165, 1.54) is 0 Å². The molecule has 0 spiro atoms. The zero-order chi connectivity index (χ0) is 17.4. The van der Waals surface area contributed by atoms with E-state index in [0.717, 1.165) is 55.7 Å². The lowest BCUT2D eigenvalue weighted by Crippen LogP contribution is -2.52. The number of rotatable bonds is 8. The molecule has 0 radical (unpaired) electrons. The molecule has 1 heterocycles. The van der Waals surface area contributed by atoms with Crippen LogP contribution in [0.5, 0.6) is 0 Å². The van der Waals surface area contributed by atoms with Gasteiger partial charge in [0.25, 0.3) is 0 Å². The SMILES string of the molecule is CCC(CC)[C@@H](CNC(=O)Cc1ccc(Br)cc1)N1CCOCC1. The minimum atomic E-state index is 0.0986. The van der Waals surface area contributed by atoms with Crippen LogP contribution in [0, 0.1) is 5.92 Å². The Morgan fingerprint density at radius 3 is 2.42 bits per heavy atom. The molecule has 1 atom stereocenters. The van der Waals surface area contributed by atoms with Gasteiger partial charge in [0.05, 0.1) is 19.6 Å². The Kier molecular flexibility index (Phi) is 8.22. The van der Waals surface area contributed by atoms with E-state index in [1.54, 1.807) is 0 Å². The van der Waals surface area contributed by atoms with Gasteiger partial charge in [0.15, 0.2) is 0 Å². The standard InChI is InChI=1S/C19H29BrN2O2/c1-3-16(4-2)18(22-9-11-24-12-10-22)14-21-19(23)13-15-5-7-17(20)8-6-15/h5-8,16,18H,3-4,9-14H2,1-2H3,(H,21,23)/t18-/m1/s1. The molecular formula is C19H29BrN2O2. The maximum atomic E-state index is 12.3. The highest BCUT2D eigenvalue weighted by Crippen LogP contribution is 2.19. The van der Waals surface area contributed by atoms with Crippen LogP contribution in [-0.2, 0) is 16.0 Å². The molecule has 0 saturated carbocycles. The quantitative estimate of drug-likeness (QED) is 0.732. The van der Waals surface area contributed by atoms with Crippen molar-refractivity contribution in [2.75, 3.05) is 32.8 Å². The number of halogens is 1. The van der Waals surface area contributed by atoms with E-state index in [1.807, 2.05) is 24.3 Å². The van der Waals surface area contributed by atoms with E-state index >= 15 is 0 Å². The van der Waals surface area contributed by atoms with Crippen LogP contribution in [0.25, 0.3) is 0 Å². The summed E-state index contributed by atoms with van der Waals surface area (Å²) in [6.07, 6.45) is 2.72. The highest BCUT2D eigenvalue weighted by molar-refractivity contribution is 9.10. The van der Waals surface area contributed by atoms with Gasteiger partial charge < -0.3 is 10.1 Å². The Morgan fingerprint density at radius 2 is 1.83 bits per heavy atom. The predicted molar refractivity (Wildman–Crippen MR) is 101 cm³/mol. The Morgan fingerprint density at radius 1 is 1.21 bits per heavy atom. The molecule has 0 aliphatic carbocycles. The van der Waals surface area contributed by atoms with Crippen molar-refractivity contribution in [3.63, 3.8) is 0 Å². The van der Waals surface area contributed by atoms with Crippen molar-refractivity contribution in [3.05, 3.63) is 34.3 Å². The predicted octanol–water partition coefficient (Wildman–Crippen LogP) is 3.24. The molecule has 1 aliphatic heterocycles. The maximum Gasteiger partial charge on any atom is 0.224 e. The first-order valence-electron chi connectivity index (χ1n) is 8.97. The number of hydrogen-bond donors (Lipinski definition) is 1. The van der Waals surface area contributed by atoms with Gasteiger partial charge in [0.2, 0.25) is 5.91 Å². The average Bonchev–Trinajstić information content (AvgIpc) is 2.61. The summed E-state index contributed by atoms with van der Waals surface area (Å²) in [6, 6.07) is 8.33. The average molecular weight is 397 g/mol. The molecular weight excluding hydrogens is 368 g/mol. The lowest BCUT2D eigenvalue weighted by atomic mass is 9.92. The van der Waals surface area contributed by atoms with E-state index in [-0.39, 0.29) is 5.91 Å². The summed E-state index contributed by atoms with van der Waals surface area (Å²) in [7, 11) is 0. The van der Waals surface area contributed by atoms with Crippen molar-refractivity contribution < 1.29 is 9.53 Å². The number of benzene rings is 1. The Bertz CT molecular complexity index is 497. The molecule has 0 aromatic heterocycles. The van der Waals surface area contributed by atoms with Gasteiger partial charge in [-0.3, -0.25) is 9.69 Å². The summed E-state index contributed by atoms with van der Waals surface area (Å²) >= 11 is 3.42. The highest BCUT2D eigenvalue weighted by atomic mass is 79.9. The van der Waals surface area contributed by atoms with E-state index in [0.29, 0.717) is 18.4 Å². The largest absolute Gasteiger partial charge is 0.379 e. The minimum Gasteiger partial charge on any atom is -0.379 e. The van der Waals surface area contributed by atoms with Gasteiger partial charge in [-0.05, 0) is 23.6 Å². The first kappa shape index (κ1) is 19.4. The molecule has 5 heteroatoms. The number of hydrogen-bond acceptors (Lipinski definition) is 3. The van der Waals surface area contributed by atoms with Crippen LogP contribution >= 0.6 is 15.9 Å². The topological polar surface area (TPSA) is 41.6 Å². The lowest BCUT2D eigenvalue weighted by Gasteiger charge is -2.38. The second-order valence-electron chi connectivity index (χ2n) is 6.40. The second-order valence-corrected chi connectivity index (χ2v) is 7.32. The molecule has 1 N–H and O–H groups in total. The van der Waals surface area contributed by atoms with Crippen LogP contribution < -0.4 is 5.32 Å². The van der Waals surface area contributed by atoms with E-state index in [2.05, 4.69) is 40.0 Å². The molecule has 134 valence electrons. The van der Waals surface area contributed by atoms with Crippen LogP contribution in [0.2, 0.25) is 0 Å². The second kappa shape index (κ2) is 10.2. The van der Waals surface area contributed by atoms with Gasteiger partial charge in [-0.25, -0.2) is 0 Å². The van der Waals surface area contributed by atoms with Crippen LogP contribution in [0.15, 0.2) is 28.7 Å². The van der Waals surface area contributed by atoms with Crippen molar-refractivity contribution in [2.24, 2.45) is 5.92 Å². The molecule has 4 nitrogen and oxygen atoms in total. The normalized spacial score (nSPS) is 17.0. The Labute approximate surface area is 154 Å². The number of carbonyl (C=O) groups is 1. The summed E-state index contributed by atoms with van der Waals surface area (Å²) in [5.41, 5.74) is 1.04. The van der Waals surface area contributed by atoms with Gasteiger partial charge in [-0.2, -0.15) is 0 Å². The number of morpholine rings is 1. The number of nitrogens with zero attached hydrogens (tertiary/aromatic N) is 1. The van der Waals surface area contributed by atoms with Crippen molar-refractivity contribution in [3.8, 4) is 0 Å². The number of carbonyl (C=O) groups excluding carboxylic acids is 1. The molecule has 0 unspecified atom stereocenters. The third-order valence-corrected chi connectivity index (χ3v) is 5.42. The smallest absolute Gasteiger partial charge is 0.224 e. The molecule has 1 fully saturated rings. The monoisotopic (exact) mass is 396 g/mol. The maximum absolute atomic E-state index is 12.3. The van der Waals surface area contributed by atoms with Crippen molar-refractivity contribution in [2.45, 2.75) is 39.2 Å². The van der Waals surface area contributed by atoms with Crippen LogP contribution in [-0.4, -0.2) is 49.7 Å². The summed E-state index contributed by atoms with van der Waals surface area (Å²) in [6.45, 7) is 8.72. The molecule has 1 aromatic rings. The number of ether oxygens (including phenoxy) is 1. The van der Waals surface area contributed by atoms with Gasteiger partial charge in [-0.1, -0.05) is 54.8 Å². The first-order chi connectivity index (χ1) is 11.6. The van der Waals surface area contributed by atoms with Gasteiger partial charge >= 0.3 is 0 Å². The molecule has 1 aromatic carbocycles. The van der Waals surface area contributed by atoms with E-state index in [9.17, 15) is 4.79 Å². The van der Waals surface area contributed by atoms with Crippen LogP contribution in [0.3, 0.4) is 0 Å².